The van der Waals surface area contributed by atoms with E-state index in [0.717, 1.165) is 6.21 Å². The second kappa shape index (κ2) is 12.9. The van der Waals surface area contributed by atoms with Gasteiger partial charge in [-0.15, -0.1) is 0 Å². The monoisotopic (exact) mass is 412 g/mol. The predicted octanol–water partition coefficient (Wildman–Crippen LogP) is -0.595. The predicted molar refractivity (Wildman–Crippen MR) is 111 cm³/mol. The summed E-state index contributed by atoms with van der Waals surface area (Å²) in [5.41, 5.74) is 10.7. The zero-order valence-electron chi connectivity index (χ0n) is 18.0. The first-order chi connectivity index (χ1) is 13.4. The molecule has 8 N–H and O–H groups in total. The highest BCUT2D eigenvalue weighted by molar-refractivity contribution is 5.93. The summed E-state index contributed by atoms with van der Waals surface area (Å²) in [6, 6.07) is -3.13. The maximum atomic E-state index is 12.8. The van der Waals surface area contributed by atoms with E-state index in [1.807, 2.05) is 13.8 Å². The zero-order chi connectivity index (χ0) is 22.7. The van der Waals surface area contributed by atoms with Gasteiger partial charge in [0, 0.05) is 12.6 Å². The Balaban J connectivity index is 5.25. The lowest BCUT2D eigenvalue weighted by molar-refractivity contribution is -0.133. The number of nitrogens with one attached hydrogen (secondary N) is 4. The normalized spacial score (nSPS) is 15.2. The first-order valence-electron chi connectivity index (χ1n) is 9.84. The molecular formula is C19H36N6O4. The van der Waals surface area contributed by atoms with E-state index in [0.29, 0.717) is 6.42 Å². The van der Waals surface area contributed by atoms with E-state index in [-0.39, 0.29) is 24.7 Å². The molecule has 0 rings (SSSR count). The Morgan fingerprint density at radius 2 is 1.52 bits per heavy atom. The highest BCUT2D eigenvalue weighted by Crippen LogP contribution is 2.09. The average Bonchev–Trinajstić information content (AvgIpc) is 2.60. The van der Waals surface area contributed by atoms with Crippen LogP contribution >= 0.6 is 0 Å². The van der Waals surface area contributed by atoms with E-state index in [2.05, 4.69) is 16.0 Å². The van der Waals surface area contributed by atoms with Crippen LogP contribution in [0, 0.1) is 17.2 Å². The summed E-state index contributed by atoms with van der Waals surface area (Å²) in [5.74, 6) is -2.05. The molecule has 4 atom stereocenters. The Kier molecular flexibility index (Phi) is 11.8. The van der Waals surface area contributed by atoms with Crippen molar-refractivity contribution in [3.63, 3.8) is 0 Å². The topological polar surface area (TPSA) is 180 Å². The van der Waals surface area contributed by atoms with Crippen LogP contribution in [-0.2, 0) is 19.2 Å². The van der Waals surface area contributed by atoms with Crippen molar-refractivity contribution in [2.24, 2.45) is 23.3 Å². The second-order valence-electron chi connectivity index (χ2n) is 8.00. The Bertz CT molecular complexity index is 591. The molecular weight excluding hydrogens is 376 g/mol. The number of amides is 4. The van der Waals surface area contributed by atoms with Crippen LogP contribution in [0.1, 0.15) is 53.9 Å². The molecule has 0 fully saturated rings. The van der Waals surface area contributed by atoms with Gasteiger partial charge in [0.1, 0.15) is 12.1 Å². The van der Waals surface area contributed by atoms with Gasteiger partial charge in [0.05, 0.1) is 12.1 Å². The maximum Gasteiger partial charge on any atom is 0.243 e. The van der Waals surface area contributed by atoms with E-state index in [4.69, 9.17) is 16.9 Å². The van der Waals surface area contributed by atoms with Crippen molar-refractivity contribution < 1.29 is 19.2 Å². The smallest absolute Gasteiger partial charge is 0.243 e. The minimum absolute atomic E-state index is 0.0280. The van der Waals surface area contributed by atoms with Gasteiger partial charge < -0.3 is 32.8 Å². The summed E-state index contributed by atoms with van der Waals surface area (Å²) in [7, 11) is 0. The van der Waals surface area contributed by atoms with Crippen LogP contribution in [0.5, 0.6) is 0 Å². The van der Waals surface area contributed by atoms with Crippen molar-refractivity contribution in [2.75, 3.05) is 0 Å². The van der Waals surface area contributed by atoms with Gasteiger partial charge in [-0.05, 0) is 31.6 Å². The van der Waals surface area contributed by atoms with E-state index in [1.54, 1.807) is 13.8 Å². The molecule has 0 aliphatic carbocycles. The maximum absolute atomic E-state index is 12.8. The average molecular weight is 413 g/mol. The first-order valence-corrected chi connectivity index (χ1v) is 9.84. The summed E-state index contributed by atoms with van der Waals surface area (Å²) in [6.07, 6.45) is 1.62. The summed E-state index contributed by atoms with van der Waals surface area (Å²) >= 11 is 0. The van der Waals surface area contributed by atoms with Crippen LogP contribution in [-0.4, -0.2) is 54.0 Å². The van der Waals surface area contributed by atoms with Crippen molar-refractivity contribution in [1.82, 2.24) is 16.0 Å². The lowest BCUT2D eigenvalue weighted by atomic mass is 9.99. The van der Waals surface area contributed by atoms with Crippen LogP contribution in [0.15, 0.2) is 0 Å². The molecule has 0 aliphatic rings. The first kappa shape index (κ1) is 26.5. The highest BCUT2D eigenvalue weighted by Gasteiger charge is 2.30. The fourth-order valence-corrected chi connectivity index (χ4v) is 2.56. The molecule has 10 heteroatoms. The van der Waals surface area contributed by atoms with E-state index in [1.165, 1.54) is 6.92 Å². The van der Waals surface area contributed by atoms with Gasteiger partial charge in [-0.1, -0.05) is 27.7 Å². The summed E-state index contributed by atoms with van der Waals surface area (Å²) in [6.45, 7) is 8.89. The molecule has 0 heterocycles. The highest BCUT2D eigenvalue weighted by atomic mass is 16.2. The largest absolute Gasteiger partial charge is 0.370 e. The molecule has 29 heavy (non-hydrogen) atoms. The number of hydrogen-bond acceptors (Lipinski definition) is 6. The molecule has 0 spiro atoms. The van der Waals surface area contributed by atoms with Gasteiger partial charge in [-0.25, -0.2) is 0 Å². The SMILES string of the molecule is CC(C)C[C@H](NC(=O)[C@@H](NC(=O)[C@H](C)N)C(C)C)C(=O)N[C@H](C=N)CCC(N)=O. The lowest BCUT2D eigenvalue weighted by Gasteiger charge is -2.27. The van der Waals surface area contributed by atoms with Crippen LogP contribution in [0.25, 0.3) is 0 Å². The van der Waals surface area contributed by atoms with Crippen molar-refractivity contribution in [3.05, 3.63) is 0 Å². The third-order valence-corrected chi connectivity index (χ3v) is 4.23. The zero-order valence-corrected chi connectivity index (χ0v) is 18.0. The van der Waals surface area contributed by atoms with Gasteiger partial charge in [-0.2, -0.15) is 0 Å². The van der Waals surface area contributed by atoms with Gasteiger partial charge in [-0.3, -0.25) is 19.2 Å². The third kappa shape index (κ3) is 10.6. The van der Waals surface area contributed by atoms with Gasteiger partial charge in [0.15, 0.2) is 0 Å². The molecule has 0 saturated heterocycles. The molecule has 0 saturated carbocycles. The molecule has 0 aliphatic heterocycles. The fraction of sp³-hybridized carbons (Fsp3) is 0.737. The number of rotatable bonds is 13. The Labute approximate surface area is 172 Å². The van der Waals surface area contributed by atoms with Crippen LogP contribution in [0.4, 0.5) is 0 Å². The third-order valence-electron chi connectivity index (χ3n) is 4.23. The number of carbonyl (C=O) groups is 4. The van der Waals surface area contributed by atoms with Crippen molar-refractivity contribution >= 4 is 29.8 Å². The molecule has 0 bridgehead atoms. The number of carbonyl (C=O) groups excluding carboxylic acids is 4. The van der Waals surface area contributed by atoms with E-state index < -0.39 is 47.8 Å². The number of nitrogens with two attached hydrogens (primary N) is 2. The standard InChI is InChI=1S/C19H36N6O4/c1-10(2)8-14(18(28)23-13(9-20)6-7-15(22)26)24-19(29)16(11(3)4)25-17(27)12(5)21/h9-14,16,20H,6-8,21H2,1-5H3,(H2,22,26)(H,23,28)(H,24,29)(H,25,27)/t12-,13-,14-,16-/m0/s1. The van der Waals surface area contributed by atoms with Gasteiger partial charge in [0.25, 0.3) is 0 Å². The minimum Gasteiger partial charge on any atom is -0.370 e. The molecule has 0 radical (unpaired) electrons. The van der Waals surface area contributed by atoms with Crippen molar-refractivity contribution in [1.29, 1.82) is 5.41 Å². The van der Waals surface area contributed by atoms with E-state index >= 15 is 0 Å². The quantitative estimate of drug-likeness (QED) is 0.221. The molecule has 4 amide bonds. The Hall–Kier alpha value is -2.49. The molecule has 10 nitrogen and oxygen atoms in total. The van der Waals surface area contributed by atoms with E-state index in [9.17, 15) is 19.2 Å². The number of primary amides is 1. The van der Waals surface area contributed by atoms with Crippen LogP contribution in [0.3, 0.4) is 0 Å². The molecule has 0 unspecified atom stereocenters. The van der Waals surface area contributed by atoms with Crippen molar-refractivity contribution in [3.8, 4) is 0 Å². The van der Waals surface area contributed by atoms with Gasteiger partial charge >= 0.3 is 0 Å². The summed E-state index contributed by atoms with van der Waals surface area (Å²) in [5, 5.41) is 15.4. The molecule has 0 aromatic rings. The molecule has 0 aromatic carbocycles. The fourth-order valence-electron chi connectivity index (χ4n) is 2.56. The molecule has 166 valence electrons. The number of hydrogen-bond donors (Lipinski definition) is 6. The van der Waals surface area contributed by atoms with Gasteiger partial charge in [0.2, 0.25) is 23.6 Å². The van der Waals surface area contributed by atoms with Crippen molar-refractivity contribution in [2.45, 2.75) is 78.0 Å². The minimum atomic E-state index is -0.855. The van der Waals surface area contributed by atoms with Crippen LogP contribution in [0.2, 0.25) is 0 Å². The lowest BCUT2D eigenvalue weighted by Crippen LogP contribution is -2.58. The molecule has 0 aromatic heterocycles. The Morgan fingerprint density at radius 1 is 0.931 bits per heavy atom. The summed E-state index contributed by atoms with van der Waals surface area (Å²) < 4.78 is 0. The summed E-state index contributed by atoms with van der Waals surface area (Å²) in [4.78, 5) is 48.3. The second-order valence-corrected chi connectivity index (χ2v) is 8.00. The van der Waals surface area contributed by atoms with Crippen LogP contribution < -0.4 is 27.4 Å². The Morgan fingerprint density at radius 3 is 1.93 bits per heavy atom.